The van der Waals surface area contributed by atoms with E-state index in [2.05, 4.69) is 4.72 Å². The van der Waals surface area contributed by atoms with E-state index in [-0.39, 0.29) is 19.3 Å². The maximum atomic E-state index is 11.6. The van der Waals surface area contributed by atoms with E-state index in [0.29, 0.717) is 0 Å². The van der Waals surface area contributed by atoms with Gasteiger partial charge in [-0.2, -0.15) is 13.1 Å². The lowest BCUT2D eigenvalue weighted by Gasteiger charge is -2.40. The molecule has 1 N–H and O–H groups in total. The van der Waals surface area contributed by atoms with Gasteiger partial charge in [0.25, 0.3) is 0 Å². The molecule has 3 rings (SSSR count). The van der Waals surface area contributed by atoms with E-state index in [4.69, 9.17) is 27.9 Å². The van der Waals surface area contributed by atoms with E-state index >= 15 is 0 Å². The van der Waals surface area contributed by atoms with Gasteiger partial charge in [-0.15, -0.1) is 0 Å². The van der Waals surface area contributed by atoms with Gasteiger partial charge in [0.1, 0.15) is 24.9 Å². The van der Waals surface area contributed by atoms with Crippen LogP contribution in [0, 0.1) is 0 Å². The molecule has 3 saturated heterocycles. The predicted molar refractivity (Wildman–Crippen MR) is 76.5 cm³/mol. The lowest BCUT2D eigenvalue weighted by Crippen LogP contribution is -2.60. The average Bonchev–Trinajstić information content (AvgIpc) is 2.88. The highest BCUT2D eigenvalue weighted by molar-refractivity contribution is 7.84. The van der Waals surface area contributed by atoms with Crippen molar-refractivity contribution in [2.75, 3.05) is 20.3 Å². The minimum Gasteiger partial charge on any atom is -0.343 e. The van der Waals surface area contributed by atoms with Crippen LogP contribution in [0.25, 0.3) is 0 Å². The van der Waals surface area contributed by atoms with Gasteiger partial charge in [-0.05, 0) is 27.7 Å². The van der Waals surface area contributed by atoms with Crippen molar-refractivity contribution in [3.8, 4) is 0 Å². The zero-order valence-electron chi connectivity index (χ0n) is 13.8. The standard InChI is InChI=1S/C13H23NO8S/c1-11(2)19-8-6-17-13(7-18-23(15,16)14-5)10(9(8)20-11)21-12(3,4)22-13/h8-10,14H,6-7H2,1-5H3/t8-,9?,10?,13+/m1/s1. The van der Waals surface area contributed by atoms with Crippen LogP contribution in [-0.4, -0.2) is 64.4 Å². The molecule has 0 saturated carbocycles. The van der Waals surface area contributed by atoms with Gasteiger partial charge < -0.3 is 23.7 Å². The summed E-state index contributed by atoms with van der Waals surface area (Å²) in [4.78, 5) is 0. The van der Waals surface area contributed by atoms with Crippen LogP contribution in [-0.2, 0) is 38.2 Å². The second kappa shape index (κ2) is 5.33. The highest BCUT2D eigenvalue weighted by Gasteiger charge is 2.65. The Kier molecular flexibility index (Phi) is 4.06. The molecule has 0 aromatic carbocycles. The van der Waals surface area contributed by atoms with Crippen molar-refractivity contribution >= 4 is 10.3 Å². The second-order valence-electron chi connectivity index (χ2n) is 6.72. The van der Waals surface area contributed by atoms with Crippen molar-refractivity contribution in [2.45, 2.75) is 63.4 Å². The number of ether oxygens (including phenoxy) is 5. The van der Waals surface area contributed by atoms with E-state index < -0.39 is 39.9 Å². The van der Waals surface area contributed by atoms with E-state index in [1.54, 1.807) is 27.7 Å². The van der Waals surface area contributed by atoms with Crippen LogP contribution >= 0.6 is 0 Å². The Hall–Kier alpha value is -0.330. The lowest BCUT2D eigenvalue weighted by molar-refractivity contribution is -0.290. The second-order valence-corrected chi connectivity index (χ2v) is 8.27. The summed E-state index contributed by atoms with van der Waals surface area (Å²) in [6, 6.07) is 0. The SMILES string of the molecule is CNS(=O)(=O)OC[C@@]12OC[C@H]3OC(C)(C)OC3C1OC(C)(C)O2. The van der Waals surface area contributed by atoms with E-state index in [1.165, 1.54) is 7.05 Å². The number of rotatable bonds is 4. The maximum Gasteiger partial charge on any atom is 0.335 e. The van der Waals surface area contributed by atoms with Crippen LogP contribution in [0.5, 0.6) is 0 Å². The topological polar surface area (TPSA) is 102 Å². The summed E-state index contributed by atoms with van der Waals surface area (Å²) in [5.41, 5.74) is 0. The Labute approximate surface area is 135 Å². The molecule has 0 radical (unpaired) electrons. The number of fused-ring (bicyclic) bond motifs is 3. The number of nitrogens with one attached hydrogen (secondary N) is 1. The molecular formula is C13H23NO8S. The Morgan fingerprint density at radius 1 is 1.13 bits per heavy atom. The lowest BCUT2D eigenvalue weighted by atomic mass is 9.98. The molecule has 9 nitrogen and oxygen atoms in total. The molecule has 23 heavy (non-hydrogen) atoms. The monoisotopic (exact) mass is 353 g/mol. The molecule has 0 amide bonds. The van der Waals surface area contributed by atoms with E-state index in [1.807, 2.05) is 0 Å². The van der Waals surface area contributed by atoms with Gasteiger partial charge in [-0.3, -0.25) is 4.18 Å². The molecule has 2 unspecified atom stereocenters. The van der Waals surface area contributed by atoms with Gasteiger partial charge >= 0.3 is 10.3 Å². The first-order valence-corrected chi connectivity index (χ1v) is 8.84. The smallest absolute Gasteiger partial charge is 0.335 e. The molecule has 10 heteroatoms. The van der Waals surface area contributed by atoms with Crippen LogP contribution in [0.15, 0.2) is 0 Å². The summed E-state index contributed by atoms with van der Waals surface area (Å²) in [7, 11) is -2.62. The Morgan fingerprint density at radius 2 is 1.83 bits per heavy atom. The number of hydrogen-bond acceptors (Lipinski definition) is 8. The van der Waals surface area contributed by atoms with E-state index in [9.17, 15) is 8.42 Å². The minimum atomic E-state index is -3.88. The van der Waals surface area contributed by atoms with Crippen LogP contribution in [0.2, 0.25) is 0 Å². The highest BCUT2D eigenvalue weighted by atomic mass is 32.2. The first-order chi connectivity index (χ1) is 10.5. The third-order valence-corrected chi connectivity index (χ3v) is 4.87. The molecule has 3 fully saturated rings. The van der Waals surface area contributed by atoms with Crippen molar-refractivity contribution < 1.29 is 36.3 Å². The summed E-state index contributed by atoms with van der Waals surface area (Å²) in [6.07, 6.45) is -1.44. The van der Waals surface area contributed by atoms with Gasteiger partial charge in [0.15, 0.2) is 11.6 Å². The average molecular weight is 353 g/mol. The quantitative estimate of drug-likeness (QED) is 0.745. The normalized spacial score (nSPS) is 41.5. The van der Waals surface area contributed by atoms with Crippen LogP contribution in [0.4, 0.5) is 0 Å². The minimum absolute atomic E-state index is 0.187. The van der Waals surface area contributed by atoms with Gasteiger partial charge in [0.2, 0.25) is 5.79 Å². The van der Waals surface area contributed by atoms with Crippen molar-refractivity contribution in [3.05, 3.63) is 0 Å². The Morgan fingerprint density at radius 3 is 2.48 bits per heavy atom. The Balaban J connectivity index is 1.85. The third kappa shape index (κ3) is 3.27. The summed E-state index contributed by atoms with van der Waals surface area (Å²) < 4.78 is 59.5. The van der Waals surface area contributed by atoms with Crippen molar-refractivity contribution in [1.29, 1.82) is 0 Å². The molecule has 4 atom stereocenters. The summed E-state index contributed by atoms with van der Waals surface area (Å²) in [5.74, 6) is -3.12. The fraction of sp³-hybridized carbons (Fsp3) is 1.00. The molecule has 0 aliphatic carbocycles. The van der Waals surface area contributed by atoms with Gasteiger partial charge in [-0.25, -0.2) is 0 Å². The first-order valence-electron chi connectivity index (χ1n) is 7.43. The third-order valence-electron chi connectivity index (χ3n) is 3.94. The molecule has 0 bridgehead atoms. The fourth-order valence-electron chi connectivity index (χ4n) is 3.17. The molecule has 3 aliphatic heterocycles. The molecule has 3 aliphatic rings. The number of hydrogen-bond donors (Lipinski definition) is 1. The zero-order chi connectivity index (χ0) is 17.1. The summed E-state index contributed by atoms with van der Waals surface area (Å²) in [6.45, 7) is 6.88. The molecule has 0 aromatic rings. The van der Waals surface area contributed by atoms with E-state index in [0.717, 1.165) is 0 Å². The van der Waals surface area contributed by atoms with Gasteiger partial charge in [0.05, 0.1) is 6.61 Å². The summed E-state index contributed by atoms with van der Waals surface area (Å²) in [5, 5.41) is 0. The van der Waals surface area contributed by atoms with Crippen molar-refractivity contribution in [3.63, 3.8) is 0 Å². The first kappa shape index (κ1) is 17.5. The molecule has 0 spiro atoms. The molecular weight excluding hydrogens is 330 g/mol. The van der Waals surface area contributed by atoms with Crippen LogP contribution < -0.4 is 4.72 Å². The van der Waals surface area contributed by atoms with Gasteiger partial charge in [-0.1, -0.05) is 0 Å². The fourth-order valence-corrected chi connectivity index (χ4v) is 3.60. The van der Waals surface area contributed by atoms with Crippen molar-refractivity contribution in [2.24, 2.45) is 0 Å². The highest BCUT2D eigenvalue weighted by Crippen LogP contribution is 2.47. The Bertz CT molecular complexity index is 577. The van der Waals surface area contributed by atoms with Gasteiger partial charge in [0, 0.05) is 7.05 Å². The predicted octanol–water partition coefficient (Wildman–Crippen LogP) is -0.135. The largest absolute Gasteiger partial charge is 0.343 e. The maximum absolute atomic E-state index is 11.6. The molecule has 134 valence electrons. The molecule has 3 heterocycles. The van der Waals surface area contributed by atoms with Crippen molar-refractivity contribution in [1.82, 2.24) is 4.72 Å². The van der Waals surface area contributed by atoms with Crippen LogP contribution in [0.3, 0.4) is 0 Å². The zero-order valence-corrected chi connectivity index (χ0v) is 14.6. The van der Waals surface area contributed by atoms with Crippen LogP contribution in [0.1, 0.15) is 27.7 Å². The molecule has 0 aromatic heterocycles. The summed E-state index contributed by atoms with van der Waals surface area (Å²) >= 11 is 0.